The molecule has 0 aliphatic rings. The van der Waals surface area contributed by atoms with Crippen LogP contribution in [-0.4, -0.2) is 33.9 Å². The second kappa shape index (κ2) is 7.43. The van der Waals surface area contributed by atoms with Gasteiger partial charge in [-0.1, -0.05) is 38.8 Å². The summed E-state index contributed by atoms with van der Waals surface area (Å²) in [5.41, 5.74) is 0.318. The lowest BCUT2D eigenvalue weighted by atomic mass is 10.2. The monoisotopic (exact) mass is 283 g/mol. The summed E-state index contributed by atoms with van der Waals surface area (Å²) in [6, 6.07) is 0. The fraction of sp³-hybridized carbons (Fsp3) is 0.643. The summed E-state index contributed by atoms with van der Waals surface area (Å²) in [6.07, 6.45) is 3.56. The van der Waals surface area contributed by atoms with Gasteiger partial charge < -0.3 is 4.90 Å². The lowest BCUT2D eigenvalue weighted by Crippen LogP contribution is -2.33. The summed E-state index contributed by atoms with van der Waals surface area (Å²) in [5, 5.41) is 0.323. The third-order valence-corrected chi connectivity index (χ3v) is 3.21. The van der Waals surface area contributed by atoms with E-state index in [1.807, 2.05) is 20.8 Å². The van der Waals surface area contributed by atoms with Gasteiger partial charge >= 0.3 is 0 Å². The molecule has 0 saturated carbocycles. The molecule has 0 N–H and O–H groups in total. The quantitative estimate of drug-likeness (QED) is 0.802. The molecule has 4 nitrogen and oxygen atoms in total. The van der Waals surface area contributed by atoms with Gasteiger partial charge in [-0.25, -0.2) is 9.97 Å². The van der Waals surface area contributed by atoms with Crippen molar-refractivity contribution in [3.05, 3.63) is 22.7 Å². The van der Waals surface area contributed by atoms with Crippen molar-refractivity contribution in [3.8, 4) is 0 Å². The Morgan fingerprint density at radius 1 is 1.42 bits per heavy atom. The van der Waals surface area contributed by atoms with E-state index >= 15 is 0 Å². The van der Waals surface area contributed by atoms with E-state index in [1.165, 1.54) is 6.20 Å². The maximum Gasteiger partial charge on any atom is 0.274 e. The predicted molar refractivity (Wildman–Crippen MR) is 77.6 cm³/mol. The van der Waals surface area contributed by atoms with Crippen LogP contribution in [0.25, 0.3) is 0 Å². The molecular weight excluding hydrogens is 262 g/mol. The minimum Gasteiger partial charge on any atom is -0.338 e. The van der Waals surface area contributed by atoms with Crippen LogP contribution < -0.4 is 0 Å². The molecule has 0 radical (unpaired) electrons. The van der Waals surface area contributed by atoms with Crippen molar-refractivity contribution >= 4 is 17.5 Å². The Kier molecular flexibility index (Phi) is 6.22. The third kappa shape index (κ3) is 4.16. The molecule has 0 bridgehead atoms. The van der Waals surface area contributed by atoms with Gasteiger partial charge in [0.1, 0.15) is 5.82 Å². The van der Waals surface area contributed by atoms with Crippen LogP contribution in [0.4, 0.5) is 0 Å². The van der Waals surface area contributed by atoms with E-state index in [4.69, 9.17) is 11.6 Å². The van der Waals surface area contributed by atoms with Gasteiger partial charge in [0.25, 0.3) is 5.91 Å². The van der Waals surface area contributed by atoms with Gasteiger partial charge in [0, 0.05) is 19.0 Å². The highest BCUT2D eigenvalue weighted by Gasteiger charge is 2.20. The van der Waals surface area contributed by atoms with Gasteiger partial charge in [0.15, 0.2) is 5.69 Å². The molecule has 0 aliphatic heterocycles. The molecule has 106 valence electrons. The van der Waals surface area contributed by atoms with Gasteiger partial charge in [-0.15, -0.1) is 0 Å². The summed E-state index contributed by atoms with van der Waals surface area (Å²) in [4.78, 5) is 22.7. The van der Waals surface area contributed by atoms with Crippen LogP contribution >= 0.6 is 11.6 Å². The predicted octanol–water partition coefficient (Wildman–Crippen LogP) is 3.52. The Hall–Kier alpha value is -1.16. The molecule has 19 heavy (non-hydrogen) atoms. The molecule has 1 heterocycles. The summed E-state index contributed by atoms with van der Waals surface area (Å²) >= 11 is 6.06. The number of nitrogens with zero attached hydrogens (tertiary/aromatic N) is 3. The maximum atomic E-state index is 12.4. The van der Waals surface area contributed by atoms with E-state index in [-0.39, 0.29) is 11.8 Å². The number of hydrogen-bond acceptors (Lipinski definition) is 3. The Bertz CT molecular complexity index is 435. The maximum absolute atomic E-state index is 12.4. The number of amides is 1. The van der Waals surface area contributed by atoms with E-state index in [0.29, 0.717) is 23.1 Å². The van der Waals surface area contributed by atoms with Crippen LogP contribution in [0.3, 0.4) is 0 Å². The molecule has 0 fully saturated rings. The van der Waals surface area contributed by atoms with E-state index in [2.05, 4.69) is 16.9 Å². The third-order valence-electron chi connectivity index (χ3n) is 2.93. The van der Waals surface area contributed by atoms with E-state index in [9.17, 15) is 4.79 Å². The molecule has 0 saturated heterocycles. The summed E-state index contributed by atoms with van der Waals surface area (Å²) in [6.45, 7) is 9.45. The second-order valence-electron chi connectivity index (χ2n) is 4.82. The molecule has 0 atom stereocenters. The van der Waals surface area contributed by atoms with Crippen molar-refractivity contribution in [1.29, 1.82) is 0 Å². The van der Waals surface area contributed by atoms with Gasteiger partial charge in [0.05, 0.1) is 11.2 Å². The first-order chi connectivity index (χ1) is 9.01. The smallest absolute Gasteiger partial charge is 0.274 e. The van der Waals surface area contributed by atoms with Crippen molar-refractivity contribution in [2.75, 3.05) is 13.1 Å². The van der Waals surface area contributed by atoms with Crippen molar-refractivity contribution in [2.24, 2.45) is 0 Å². The Morgan fingerprint density at radius 2 is 2.11 bits per heavy atom. The zero-order chi connectivity index (χ0) is 14.4. The number of unbranched alkanes of at least 4 members (excludes halogenated alkanes) is 1. The molecule has 1 rings (SSSR count). The standard InChI is InChI=1S/C14H22ClN3O/c1-5-7-8-18(6-2)14(19)12-11(15)9-16-13(17-12)10(3)4/h9-10H,5-8H2,1-4H3. The first kappa shape index (κ1) is 15.9. The number of hydrogen-bond donors (Lipinski definition) is 0. The lowest BCUT2D eigenvalue weighted by Gasteiger charge is -2.21. The van der Waals surface area contributed by atoms with Crippen molar-refractivity contribution in [1.82, 2.24) is 14.9 Å². The molecule has 1 aromatic heterocycles. The molecular formula is C14H22ClN3O. The average molecular weight is 284 g/mol. The van der Waals surface area contributed by atoms with Crippen molar-refractivity contribution in [3.63, 3.8) is 0 Å². The molecule has 1 amide bonds. The van der Waals surface area contributed by atoms with Gasteiger partial charge in [-0.2, -0.15) is 0 Å². The first-order valence-corrected chi connectivity index (χ1v) is 7.20. The normalized spacial score (nSPS) is 10.8. The summed E-state index contributed by atoms with van der Waals surface area (Å²) < 4.78 is 0. The molecule has 0 spiro atoms. The number of halogens is 1. The van der Waals surface area contributed by atoms with E-state index in [1.54, 1.807) is 4.90 Å². The van der Waals surface area contributed by atoms with Crippen LogP contribution in [0, 0.1) is 0 Å². The number of aromatic nitrogens is 2. The number of carbonyl (C=O) groups excluding carboxylic acids is 1. The van der Waals surface area contributed by atoms with Gasteiger partial charge in [-0.05, 0) is 13.3 Å². The zero-order valence-electron chi connectivity index (χ0n) is 12.1. The molecule has 0 unspecified atom stereocenters. The number of carbonyl (C=O) groups is 1. The lowest BCUT2D eigenvalue weighted by molar-refractivity contribution is 0.0756. The van der Waals surface area contributed by atoms with Crippen LogP contribution in [0.2, 0.25) is 5.02 Å². The molecule has 5 heteroatoms. The zero-order valence-corrected chi connectivity index (χ0v) is 12.9. The largest absolute Gasteiger partial charge is 0.338 e. The molecule has 0 aliphatic carbocycles. The number of rotatable bonds is 6. The topological polar surface area (TPSA) is 46.1 Å². The van der Waals surface area contributed by atoms with Crippen LogP contribution in [0.15, 0.2) is 6.20 Å². The molecule has 0 aromatic carbocycles. The minimum atomic E-state index is -0.106. The van der Waals surface area contributed by atoms with Crippen LogP contribution in [0.1, 0.15) is 62.8 Å². The Morgan fingerprint density at radius 3 is 2.63 bits per heavy atom. The highest BCUT2D eigenvalue weighted by Crippen LogP contribution is 2.18. The van der Waals surface area contributed by atoms with Crippen molar-refractivity contribution in [2.45, 2.75) is 46.5 Å². The van der Waals surface area contributed by atoms with E-state index < -0.39 is 0 Å². The first-order valence-electron chi connectivity index (χ1n) is 6.82. The van der Waals surface area contributed by atoms with Crippen LogP contribution in [0.5, 0.6) is 0 Å². The fourth-order valence-electron chi connectivity index (χ4n) is 1.71. The van der Waals surface area contributed by atoms with Gasteiger partial charge in [0.2, 0.25) is 0 Å². The fourth-order valence-corrected chi connectivity index (χ4v) is 1.88. The SMILES string of the molecule is CCCCN(CC)C(=O)c1nc(C(C)C)ncc1Cl. The van der Waals surface area contributed by atoms with Crippen LogP contribution in [-0.2, 0) is 0 Å². The highest BCUT2D eigenvalue weighted by molar-refractivity contribution is 6.33. The minimum absolute atomic E-state index is 0.106. The Labute approximate surface area is 120 Å². The highest BCUT2D eigenvalue weighted by atomic mass is 35.5. The average Bonchev–Trinajstić information content (AvgIpc) is 2.39. The summed E-state index contributed by atoms with van der Waals surface area (Å²) in [5.74, 6) is 0.721. The van der Waals surface area contributed by atoms with E-state index in [0.717, 1.165) is 19.4 Å². The summed E-state index contributed by atoms with van der Waals surface area (Å²) in [7, 11) is 0. The van der Waals surface area contributed by atoms with Gasteiger partial charge in [-0.3, -0.25) is 4.79 Å². The van der Waals surface area contributed by atoms with Crippen molar-refractivity contribution < 1.29 is 4.79 Å². The second-order valence-corrected chi connectivity index (χ2v) is 5.23. The molecule has 1 aromatic rings. The Balaban J connectivity index is 2.99.